The number of hydrogen-bond donors (Lipinski definition) is 3. The van der Waals surface area contributed by atoms with E-state index < -0.39 is 11.2 Å². The Bertz CT molecular complexity index is 1060. The largest absolute Gasteiger partial charge is 0.508 e. The van der Waals surface area contributed by atoms with Gasteiger partial charge in [0.1, 0.15) is 11.4 Å². The molecule has 1 aromatic rings. The molecule has 0 radical (unpaired) electrons. The molecule has 9 atom stereocenters. The van der Waals surface area contributed by atoms with E-state index in [2.05, 4.69) is 26.8 Å². The van der Waals surface area contributed by atoms with Crippen molar-refractivity contribution >= 4 is 11.8 Å². The zero-order chi connectivity index (χ0) is 24.4. The summed E-state index contributed by atoms with van der Waals surface area (Å²) in [5, 5.41) is 34.3. The van der Waals surface area contributed by atoms with Gasteiger partial charge >= 0.3 is 0 Å². The third-order valence-corrected chi connectivity index (χ3v) is 13.2. The number of phenols is 1. The Labute approximate surface area is 212 Å². The minimum atomic E-state index is -0.847. The van der Waals surface area contributed by atoms with E-state index in [1.54, 1.807) is 0 Å². The SMILES string of the molecule is CC1(C)COOC2(CC[C@@]34Sc5cc(O)ccc5[C@H]5C[C@]6(C)[C@@H](O)CC[C@H]6[C@H](CC[C@@]3(O)C2)[C@H]54)C1. The second-order valence-corrected chi connectivity index (χ2v) is 15.4. The van der Waals surface area contributed by atoms with Gasteiger partial charge < -0.3 is 15.3 Å². The molecule has 35 heavy (non-hydrogen) atoms. The number of aromatic hydroxyl groups is 1. The first-order chi connectivity index (χ1) is 16.5. The summed E-state index contributed by atoms with van der Waals surface area (Å²) < 4.78 is -0.299. The van der Waals surface area contributed by atoms with Crippen molar-refractivity contribution < 1.29 is 25.1 Å². The zero-order valence-electron chi connectivity index (χ0n) is 21.3. The van der Waals surface area contributed by atoms with Crippen molar-refractivity contribution in [2.75, 3.05) is 6.61 Å². The van der Waals surface area contributed by atoms with Gasteiger partial charge in [0.15, 0.2) is 0 Å². The van der Waals surface area contributed by atoms with Gasteiger partial charge in [0.05, 0.1) is 23.1 Å². The average Bonchev–Trinajstić information content (AvgIpc) is 3.07. The van der Waals surface area contributed by atoms with Crippen molar-refractivity contribution in [2.45, 2.75) is 111 Å². The van der Waals surface area contributed by atoms with Crippen LogP contribution in [0.3, 0.4) is 0 Å². The van der Waals surface area contributed by atoms with Crippen molar-refractivity contribution in [1.82, 2.24) is 0 Å². The van der Waals surface area contributed by atoms with E-state index in [0.717, 1.165) is 56.3 Å². The topological polar surface area (TPSA) is 79.2 Å². The summed E-state index contributed by atoms with van der Waals surface area (Å²) in [6.45, 7) is 7.39. The number of benzene rings is 1. The van der Waals surface area contributed by atoms with Crippen molar-refractivity contribution in [3.8, 4) is 5.75 Å². The van der Waals surface area contributed by atoms with E-state index in [9.17, 15) is 15.3 Å². The molecule has 1 aromatic carbocycles. The first-order valence-corrected chi connectivity index (χ1v) is 14.5. The quantitative estimate of drug-likeness (QED) is 0.405. The Hall–Kier alpha value is -0.790. The number of thioether (sulfide) groups is 1. The molecule has 5 nitrogen and oxygen atoms in total. The van der Waals surface area contributed by atoms with Gasteiger partial charge in [-0.3, -0.25) is 0 Å². The predicted octanol–water partition coefficient (Wildman–Crippen LogP) is 5.56. The minimum Gasteiger partial charge on any atom is -0.508 e. The maximum atomic E-state index is 12.7. The molecule has 5 fully saturated rings. The number of rotatable bonds is 0. The van der Waals surface area contributed by atoms with Crippen LogP contribution in [0.25, 0.3) is 0 Å². The number of aliphatic hydroxyl groups excluding tert-OH is 1. The summed E-state index contributed by atoms with van der Waals surface area (Å²) in [4.78, 5) is 12.9. The van der Waals surface area contributed by atoms with Crippen LogP contribution in [0.4, 0.5) is 0 Å². The molecule has 4 saturated carbocycles. The Balaban J connectivity index is 1.36. The zero-order valence-corrected chi connectivity index (χ0v) is 22.1. The minimum absolute atomic E-state index is 0.0313. The molecule has 2 spiro atoms. The molecule has 192 valence electrons. The highest BCUT2D eigenvalue weighted by Crippen LogP contribution is 2.75. The number of aliphatic hydroxyl groups is 2. The third kappa shape index (κ3) is 3.04. The van der Waals surface area contributed by atoms with Crippen LogP contribution in [0, 0.1) is 28.6 Å². The Morgan fingerprint density at radius 2 is 1.86 bits per heavy atom. The smallest absolute Gasteiger partial charge is 0.116 e. The molecule has 0 aromatic heterocycles. The average molecular weight is 501 g/mol. The lowest BCUT2D eigenvalue weighted by atomic mass is 9.44. The maximum Gasteiger partial charge on any atom is 0.116 e. The van der Waals surface area contributed by atoms with Crippen LogP contribution in [-0.2, 0) is 9.78 Å². The summed E-state index contributed by atoms with van der Waals surface area (Å²) in [5.41, 5.74) is -0.00435. The Kier molecular flexibility index (Phi) is 4.80. The fraction of sp³-hybridized carbons (Fsp3) is 0.793. The van der Waals surface area contributed by atoms with Gasteiger partial charge in [-0.15, -0.1) is 11.8 Å². The lowest BCUT2D eigenvalue weighted by molar-refractivity contribution is -0.419. The molecule has 1 saturated heterocycles. The normalized spacial score (nSPS) is 51.7. The molecule has 7 rings (SSSR count). The summed E-state index contributed by atoms with van der Waals surface area (Å²) in [6, 6.07) is 5.87. The molecule has 4 aliphatic carbocycles. The van der Waals surface area contributed by atoms with Gasteiger partial charge in [-0.05, 0) is 104 Å². The standard InChI is InChI=1S/C29H40O5S/c1-25(2)14-27(34-33-16-25)10-11-29-24-19(8-9-28(29,32)15-27)21-6-7-23(31)26(21,3)13-20(24)18-5-4-17(30)12-22(18)35-29/h4-5,12,19-21,23-24,30-32H,6-11,13-16H2,1-3H3/t19-,20+,21-,23-,24+,26-,27?,28+,29-/m0/s1. The highest BCUT2D eigenvalue weighted by molar-refractivity contribution is 8.01. The fourth-order valence-electron chi connectivity index (χ4n) is 10.2. The molecular weight excluding hydrogens is 460 g/mol. The summed E-state index contributed by atoms with van der Waals surface area (Å²) in [5.74, 6) is 2.00. The number of phenolic OH excluding ortho intramolecular Hbond substituents is 1. The molecule has 0 amide bonds. The monoisotopic (exact) mass is 500 g/mol. The van der Waals surface area contributed by atoms with E-state index in [-0.39, 0.29) is 21.7 Å². The van der Waals surface area contributed by atoms with Gasteiger partial charge in [0.2, 0.25) is 0 Å². The van der Waals surface area contributed by atoms with Crippen LogP contribution in [0.2, 0.25) is 0 Å². The number of fused-ring (bicyclic) bond motifs is 4. The molecule has 3 N–H and O–H groups in total. The second kappa shape index (κ2) is 7.19. The second-order valence-electron chi connectivity index (χ2n) is 14.0. The predicted molar refractivity (Wildman–Crippen MR) is 134 cm³/mol. The van der Waals surface area contributed by atoms with Crippen molar-refractivity contribution in [3.05, 3.63) is 23.8 Å². The first kappa shape index (κ1) is 23.3. The molecule has 6 aliphatic rings. The van der Waals surface area contributed by atoms with Crippen molar-refractivity contribution in [2.24, 2.45) is 28.6 Å². The Morgan fingerprint density at radius 3 is 2.66 bits per heavy atom. The highest BCUT2D eigenvalue weighted by atomic mass is 32.2. The first-order valence-electron chi connectivity index (χ1n) is 13.7. The van der Waals surface area contributed by atoms with Crippen LogP contribution in [0.1, 0.15) is 90.0 Å². The Morgan fingerprint density at radius 1 is 1.03 bits per heavy atom. The number of hydrogen-bond acceptors (Lipinski definition) is 6. The molecule has 6 heteroatoms. The highest BCUT2D eigenvalue weighted by Gasteiger charge is 2.72. The van der Waals surface area contributed by atoms with E-state index in [4.69, 9.17) is 9.78 Å². The van der Waals surface area contributed by atoms with Gasteiger partial charge in [-0.1, -0.05) is 26.8 Å². The summed E-state index contributed by atoms with van der Waals surface area (Å²) >= 11 is 1.85. The van der Waals surface area contributed by atoms with Gasteiger partial charge in [-0.2, -0.15) is 0 Å². The van der Waals surface area contributed by atoms with Crippen LogP contribution < -0.4 is 0 Å². The van der Waals surface area contributed by atoms with Crippen LogP contribution in [-0.4, -0.2) is 44.0 Å². The molecular formula is C29H40O5S. The molecule has 0 bridgehead atoms. The summed E-state index contributed by atoms with van der Waals surface area (Å²) in [7, 11) is 0. The van der Waals surface area contributed by atoms with Crippen molar-refractivity contribution in [1.29, 1.82) is 0 Å². The van der Waals surface area contributed by atoms with Gasteiger partial charge in [0.25, 0.3) is 0 Å². The molecule has 1 unspecified atom stereocenters. The fourth-order valence-corrected chi connectivity index (χ4v) is 12.1. The lowest BCUT2D eigenvalue weighted by Gasteiger charge is -2.69. The summed E-state index contributed by atoms with van der Waals surface area (Å²) in [6.07, 6.45) is 7.81. The van der Waals surface area contributed by atoms with Crippen molar-refractivity contribution in [3.63, 3.8) is 0 Å². The lowest BCUT2D eigenvalue weighted by Crippen LogP contribution is -2.71. The van der Waals surface area contributed by atoms with Crippen LogP contribution >= 0.6 is 11.8 Å². The molecule has 2 aliphatic heterocycles. The third-order valence-electron chi connectivity index (χ3n) is 11.4. The van der Waals surface area contributed by atoms with E-state index in [1.165, 1.54) is 5.56 Å². The van der Waals surface area contributed by atoms with E-state index in [1.807, 2.05) is 23.9 Å². The van der Waals surface area contributed by atoms with Crippen LogP contribution in [0.5, 0.6) is 5.75 Å². The molecule has 2 heterocycles. The maximum absolute atomic E-state index is 12.7. The van der Waals surface area contributed by atoms with Gasteiger partial charge in [0, 0.05) is 11.3 Å². The van der Waals surface area contributed by atoms with E-state index >= 15 is 0 Å². The van der Waals surface area contributed by atoms with E-state index in [0.29, 0.717) is 42.4 Å². The van der Waals surface area contributed by atoms with Crippen LogP contribution in [0.15, 0.2) is 23.1 Å². The van der Waals surface area contributed by atoms with Gasteiger partial charge in [-0.25, -0.2) is 9.78 Å².